The number of para-hydroxylation sites is 1. The second kappa shape index (κ2) is 7.64. The number of nitrogens with zero attached hydrogens (tertiary/aromatic N) is 3. The number of fused-ring (bicyclic) bond motifs is 1. The van der Waals surface area contributed by atoms with Gasteiger partial charge in [-0.25, -0.2) is 14.4 Å². The Morgan fingerprint density at radius 2 is 2.00 bits per heavy atom. The number of aromatic nitrogens is 2. The number of hydrogen-bond donors (Lipinski definition) is 1. The van der Waals surface area contributed by atoms with Crippen LogP contribution < -0.4 is 5.73 Å². The lowest BCUT2D eigenvalue weighted by Crippen LogP contribution is -2.40. The number of nitrogens with two attached hydrogens (primary N) is 1. The van der Waals surface area contributed by atoms with E-state index in [2.05, 4.69) is 14.9 Å². The summed E-state index contributed by atoms with van der Waals surface area (Å²) in [5.74, 6) is -0.0355. The van der Waals surface area contributed by atoms with Gasteiger partial charge in [-0.05, 0) is 56.6 Å². The third-order valence-electron chi connectivity index (χ3n) is 5.37. The predicted octanol–water partition coefficient (Wildman–Crippen LogP) is 3.21. The number of likely N-dealkylation sites (tertiary alicyclic amines) is 1. The van der Waals surface area contributed by atoms with Crippen molar-refractivity contribution in [2.45, 2.75) is 25.7 Å². The second-order valence-electron chi connectivity index (χ2n) is 7.39. The summed E-state index contributed by atoms with van der Waals surface area (Å²) in [6.45, 7) is 4.80. The number of rotatable bonds is 6. The Balaban J connectivity index is 1.76. The zero-order chi connectivity index (χ0) is 19.7. The highest BCUT2D eigenvalue weighted by Gasteiger charge is 2.23. The van der Waals surface area contributed by atoms with Crippen LogP contribution in [-0.2, 0) is 6.42 Å². The van der Waals surface area contributed by atoms with Gasteiger partial charge in [0.15, 0.2) is 0 Å². The van der Waals surface area contributed by atoms with Crippen molar-refractivity contribution in [2.24, 2.45) is 5.73 Å². The van der Waals surface area contributed by atoms with Crippen LogP contribution in [-0.4, -0.2) is 40.4 Å². The molecule has 1 saturated heterocycles. The highest BCUT2D eigenvalue weighted by atomic mass is 19.1. The van der Waals surface area contributed by atoms with Crippen LogP contribution in [0.15, 0.2) is 42.5 Å². The van der Waals surface area contributed by atoms with Crippen LogP contribution in [0.4, 0.5) is 4.39 Å². The summed E-state index contributed by atoms with van der Waals surface area (Å²) in [7, 11) is 0. The molecule has 1 aromatic heterocycles. The first-order valence-electron chi connectivity index (χ1n) is 9.55. The molecule has 28 heavy (non-hydrogen) atoms. The van der Waals surface area contributed by atoms with Crippen LogP contribution in [0.2, 0.25) is 0 Å². The van der Waals surface area contributed by atoms with Crippen LogP contribution in [0.1, 0.15) is 39.8 Å². The fourth-order valence-electron chi connectivity index (χ4n) is 3.85. The molecule has 0 aliphatic carbocycles. The maximum atomic E-state index is 13.9. The molecular formula is C22H23FN4O. The van der Waals surface area contributed by atoms with E-state index < -0.39 is 5.91 Å². The topological polar surface area (TPSA) is 72.1 Å². The zero-order valence-electron chi connectivity index (χ0n) is 15.9. The van der Waals surface area contributed by atoms with Gasteiger partial charge in [0, 0.05) is 17.8 Å². The number of amides is 1. The maximum Gasteiger partial charge on any atom is 0.250 e. The highest BCUT2D eigenvalue weighted by molar-refractivity contribution is 6.05. The summed E-state index contributed by atoms with van der Waals surface area (Å²) in [6.07, 6.45) is 1.84. The van der Waals surface area contributed by atoms with Gasteiger partial charge in [0.2, 0.25) is 0 Å². The Kier molecular flexibility index (Phi) is 5.05. The van der Waals surface area contributed by atoms with Crippen LogP contribution in [0.3, 0.4) is 0 Å². The minimum Gasteiger partial charge on any atom is -0.366 e. The molecule has 0 spiro atoms. The Morgan fingerprint density at radius 3 is 2.68 bits per heavy atom. The quantitative estimate of drug-likeness (QED) is 0.715. The zero-order valence-corrected chi connectivity index (χ0v) is 15.9. The molecule has 0 bridgehead atoms. The fraction of sp³-hybridized carbons (Fsp3) is 0.318. The minimum absolute atomic E-state index is 0.103. The van der Waals surface area contributed by atoms with Crippen molar-refractivity contribution in [3.8, 4) is 0 Å². The van der Waals surface area contributed by atoms with Crippen molar-refractivity contribution in [3.63, 3.8) is 0 Å². The third-order valence-corrected chi connectivity index (χ3v) is 5.37. The Bertz CT molecular complexity index is 1030. The number of halogens is 1. The van der Waals surface area contributed by atoms with Crippen LogP contribution in [0, 0.1) is 12.7 Å². The minimum atomic E-state index is -0.503. The Morgan fingerprint density at radius 1 is 1.21 bits per heavy atom. The van der Waals surface area contributed by atoms with E-state index in [4.69, 9.17) is 5.73 Å². The van der Waals surface area contributed by atoms with Gasteiger partial charge in [0.25, 0.3) is 5.91 Å². The lowest BCUT2D eigenvalue weighted by Gasteiger charge is -2.34. The van der Waals surface area contributed by atoms with Crippen LogP contribution in [0.5, 0.6) is 0 Å². The summed E-state index contributed by atoms with van der Waals surface area (Å²) in [6, 6.07) is 12.2. The normalized spacial score (nSPS) is 15.4. The molecule has 5 nitrogen and oxygen atoms in total. The van der Waals surface area contributed by atoms with E-state index in [1.807, 2.05) is 19.1 Å². The third kappa shape index (κ3) is 3.73. The number of hydrogen-bond acceptors (Lipinski definition) is 4. The average Bonchev–Trinajstić information content (AvgIpc) is 2.62. The van der Waals surface area contributed by atoms with Crippen molar-refractivity contribution in [2.75, 3.05) is 19.6 Å². The van der Waals surface area contributed by atoms with Gasteiger partial charge >= 0.3 is 0 Å². The number of aryl methyl sites for hydroxylation is 1. The molecule has 3 aromatic rings. The standard InChI is InChI=1S/C22H23FN4O/c1-14-25-20(18-7-3-8-19(22(24)28)21(18)26-14)12-16(13-27-9-4-10-27)15-5-2-6-17(23)11-15/h2-3,5-8,11,16H,4,9-10,12-13H2,1H3,(H2,24,28). The van der Waals surface area contributed by atoms with E-state index in [0.29, 0.717) is 23.3 Å². The summed E-state index contributed by atoms with van der Waals surface area (Å²) in [4.78, 5) is 23.3. The molecule has 2 heterocycles. The average molecular weight is 378 g/mol. The molecule has 1 atom stereocenters. The highest BCUT2D eigenvalue weighted by Crippen LogP contribution is 2.28. The van der Waals surface area contributed by atoms with E-state index in [1.54, 1.807) is 24.3 Å². The van der Waals surface area contributed by atoms with Gasteiger partial charge in [0.1, 0.15) is 11.6 Å². The van der Waals surface area contributed by atoms with Gasteiger partial charge in [0.05, 0.1) is 16.8 Å². The van der Waals surface area contributed by atoms with Crippen molar-refractivity contribution in [3.05, 3.63) is 70.9 Å². The molecular weight excluding hydrogens is 355 g/mol. The molecule has 6 heteroatoms. The van der Waals surface area contributed by atoms with Gasteiger partial charge in [-0.2, -0.15) is 0 Å². The van der Waals surface area contributed by atoms with Crippen molar-refractivity contribution >= 4 is 16.8 Å². The summed E-state index contributed by atoms with van der Waals surface area (Å²) >= 11 is 0. The number of carbonyl (C=O) groups excluding carboxylic acids is 1. The molecule has 1 fully saturated rings. The van der Waals surface area contributed by atoms with E-state index in [1.165, 1.54) is 12.5 Å². The largest absolute Gasteiger partial charge is 0.366 e. The van der Waals surface area contributed by atoms with Gasteiger partial charge in [-0.1, -0.05) is 24.3 Å². The first-order chi connectivity index (χ1) is 13.5. The summed E-state index contributed by atoms with van der Waals surface area (Å²) in [5.41, 5.74) is 8.34. The molecule has 2 aromatic carbocycles. The lowest BCUT2D eigenvalue weighted by molar-refractivity contribution is 0.100. The first-order valence-corrected chi connectivity index (χ1v) is 9.55. The molecule has 1 aliphatic rings. The van der Waals surface area contributed by atoms with E-state index in [-0.39, 0.29) is 11.7 Å². The van der Waals surface area contributed by atoms with E-state index in [0.717, 1.165) is 36.3 Å². The van der Waals surface area contributed by atoms with Gasteiger partial charge in [-0.15, -0.1) is 0 Å². The maximum absolute atomic E-state index is 13.9. The lowest BCUT2D eigenvalue weighted by atomic mass is 9.91. The SMILES string of the molecule is Cc1nc(CC(CN2CCC2)c2cccc(F)c2)c2cccc(C(N)=O)c2n1. The summed E-state index contributed by atoms with van der Waals surface area (Å²) < 4.78 is 13.9. The van der Waals surface area contributed by atoms with Crippen molar-refractivity contribution in [1.82, 2.24) is 14.9 Å². The second-order valence-corrected chi connectivity index (χ2v) is 7.39. The van der Waals surface area contributed by atoms with Crippen molar-refractivity contribution in [1.29, 1.82) is 0 Å². The fourth-order valence-corrected chi connectivity index (χ4v) is 3.85. The Labute approximate surface area is 163 Å². The number of primary amides is 1. The molecule has 4 rings (SSSR count). The van der Waals surface area contributed by atoms with Crippen molar-refractivity contribution < 1.29 is 9.18 Å². The molecule has 0 radical (unpaired) electrons. The van der Waals surface area contributed by atoms with Gasteiger partial charge < -0.3 is 10.6 Å². The molecule has 2 N–H and O–H groups in total. The molecule has 1 amide bonds. The molecule has 1 aliphatic heterocycles. The first kappa shape index (κ1) is 18.5. The summed E-state index contributed by atoms with van der Waals surface area (Å²) in [5, 5.41) is 0.826. The molecule has 144 valence electrons. The van der Waals surface area contributed by atoms with E-state index >= 15 is 0 Å². The van der Waals surface area contributed by atoms with Gasteiger partial charge in [-0.3, -0.25) is 4.79 Å². The van der Waals surface area contributed by atoms with Crippen LogP contribution in [0.25, 0.3) is 10.9 Å². The predicted molar refractivity (Wildman–Crippen MR) is 107 cm³/mol. The van der Waals surface area contributed by atoms with Crippen LogP contribution >= 0.6 is 0 Å². The monoisotopic (exact) mass is 378 g/mol. The van der Waals surface area contributed by atoms with E-state index in [9.17, 15) is 9.18 Å². The molecule has 1 unspecified atom stereocenters. The number of carbonyl (C=O) groups is 1. The number of benzene rings is 2. The smallest absolute Gasteiger partial charge is 0.250 e. The molecule has 0 saturated carbocycles. The Hall–Kier alpha value is -2.86.